The zero-order valence-electron chi connectivity index (χ0n) is 15.4. The van der Waals surface area contributed by atoms with Crippen molar-refractivity contribution in [2.75, 3.05) is 10.6 Å². The Bertz CT molecular complexity index is 1070. The molecule has 0 aliphatic carbocycles. The summed E-state index contributed by atoms with van der Waals surface area (Å²) in [7, 11) is 0. The number of thiazole rings is 1. The van der Waals surface area contributed by atoms with Crippen molar-refractivity contribution in [2.45, 2.75) is 13.8 Å². The molecule has 0 atom stereocenters. The van der Waals surface area contributed by atoms with E-state index in [0.29, 0.717) is 5.82 Å². The van der Waals surface area contributed by atoms with Gasteiger partial charge in [0.2, 0.25) is 0 Å². The molecule has 0 spiro atoms. The largest absolute Gasteiger partial charge is 0.355 e. The van der Waals surface area contributed by atoms with E-state index < -0.39 is 0 Å². The summed E-state index contributed by atoms with van der Waals surface area (Å²) in [6.07, 6.45) is 4.98. The smallest absolute Gasteiger partial charge is 0.188 e. The van der Waals surface area contributed by atoms with Gasteiger partial charge in [-0.3, -0.25) is 4.98 Å². The Balaban J connectivity index is 1.57. The second kappa shape index (κ2) is 8.08. The lowest BCUT2D eigenvalue weighted by molar-refractivity contribution is 1.19. The molecule has 0 radical (unpaired) electrons. The summed E-state index contributed by atoms with van der Waals surface area (Å²) in [5.74, 6) is 0.685. The number of nitrogens with zero attached hydrogens (tertiary/aromatic N) is 3. The molecule has 4 rings (SSSR count). The number of aromatic nitrogens is 3. The summed E-state index contributed by atoms with van der Waals surface area (Å²) in [6.45, 7) is 4.23. The van der Waals surface area contributed by atoms with Gasteiger partial charge in [0.05, 0.1) is 11.9 Å². The highest BCUT2D eigenvalue weighted by Crippen LogP contribution is 2.32. The summed E-state index contributed by atoms with van der Waals surface area (Å²) in [4.78, 5) is 13.0. The molecule has 4 aromatic rings. The highest BCUT2D eigenvalue weighted by molar-refractivity contribution is 9.10. The van der Waals surface area contributed by atoms with Crippen molar-refractivity contribution < 1.29 is 0 Å². The van der Waals surface area contributed by atoms with Gasteiger partial charge in [-0.15, -0.1) is 11.3 Å². The molecule has 2 heterocycles. The number of halogens is 1. The van der Waals surface area contributed by atoms with Crippen LogP contribution in [0.4, 0.5) is 22.3 Å². The van der Waals surface area contributed by atoms with Gasteiger partial charge in [-0.05, 0) is 61.4 Å². The van der Waals surface area contributed by atoms with Gasteiger partial charge >= 0.3 is 0 Å². The number of rotatable bonds is 5. The minimum atomic E-state index is 0.685. The van der Waals surface area contributed by atoms with E-state index in [1.54, 1.807) is 29.9 Å². The maximum absolute atomic E-state index is 4.70. The van der Waals surface area contributed by atoms with E-state index >= 15 is 0 Å². The van der Waals surface area contributed by atoms with E-state index in [0.717, 1.165) is 32.2 Å². The average Bonchev–Trinajstić information content (AvgIpc) is 3.15. The van der Waals surface area contributed by atoms with Gasteiger partial charge in [-0.25, -0.2) is 9.97 Å². The molecular formula is C21H18BrN5S. The summed E-state index contributed by atoms with van der Waals surface area (Å²) >= 11 is 5.02. The number of nitrogens with one attached hydrogen (secondary N) is 2. The Labute approximate surface area is 176 Å². The van der Waals surface area contributed by atoms with Crippen molar-refractivity contribution in [1.82, 2.24) is 15.0 Å². The van der Waals surface area contributed by atoms with Crippen LogP contribution >= 0.6 is 27.3 Å². The topological polar surface area (TPSA) is 62.7 Å². The molecular weight excluding hydrogens is 434 g/mol. The first-order valence-electron chi connectivity index (χ1n) is 8.71. The average molecular weight is 452 g/mol. The fourth-order valence-corrected chi connectivity index (χ4v) is 3.91. The zero-order valence-corrected chi connectivity index (χ0v) is 17.8. The van der Waals surface area contributed by atoms with Gasteiger partial charge in [0.25, 0.3) is 0 Å². The first kappa shape index (κ1) is 18.6. The van der Waals surface area contributed by atoms with Crippen molar-refractivity contribution in [3.8, 4) is 11.3 Å². The molecule has 140 valence electrons. The molecule has 5 nitrogen and oxygen atoms in total. The Morgan fingerprint density at radius 3 is 2.39 bits per heavy atom. The van der Waals surface area contributed by atoms with Gasteiger partial charge < -0.3 is 10.6 Å². The Kier molecular flexibility index (Phi) is 5.36. The molecule has 0 aliphatic heterocycles. The van der Waals surface area contributed by atoms with Gasteiger partial charge in [0.1, 0.15) is 0 Å². The van der Waals surface area contributed by atoms with Crippen LogP contribution in [0, 0.1) is 13.8 Å². The molecule has 0 bridgehead atoms. The van der Waals surface area contributed by atoms with E-state index in [9.17, 15) is 0 Å². The van der Waals surface area contributed by atoms with Crippen LogP contribution in [-0.2, 0) is 0 Å². The highest BCUT2D eigenvalue weighted by Gasteiger charge is 2.10. The Morgan fingerprint density at radius 1 is 0.964 bits per heavy atom. The first-order valence-corrected chi connectivity index (χ1v) is 10.4. The van der Waals surface area contributed by atoms with E-state index in [-0.39, 0.29) is 0 Å². The highest BCUT2D eigenvalue weighted by atomic mass is 79.9. The Morgan fingerprint density at radius 2 is 1.71 bits per heavy atom. The first-order chi connectivity index (χ1) is 13.6. The second-order valence-corrected chi connectivity index (χ2v) is 8.14. The summed E-state index contributed by atoms with van der Waals surface area (Å²) < 4.78 is 1.07. The lowest BCUT2D eigenvalue weighted by atomic mass is 10.0. The molecule has 0 fully saturated rings. The SMILES string of the molecule is Cc1cc(-c2csc(Nc3cnccn3)n2)cc(C)c1Nc1ccc(Br)cc1. The maximum atomic E-state index is 4.70. The number of benzene rings is 2. The zero-order chi connectivity index (χ0) is 19.5. The van der Waals surface area contributed by atoms with Crippen LogP contribution in [-0.4, -0.2) is 15.0 Å². The van der Waals surface area contributed by atoms with Crippen LogP contribution < -0.4 is 10.6 Å². The molecule has 28 heavy (non-hydrogen) atoms. The fourth-order valence-electron chi connectivity index (χ4n) is 2.92. The van der Waals surface area contributed by atoms with Crippen molar-refractivity contribution in [3.63, 3.8) is 0 Å². The number of hydrogen-bond donors (Lipinski definition) is 2. The lowest BCUT2D eigenvalue weighted by Gasteiger charge is -2.14. The lowest BCUT2D eigenvalue weighted by Crippen LogP contribution is -1.97. The monoisotopic (exact) mass is 451 g/mol. The molecule has 7 heteroatoms. The molecule has 2 aromatic heterocycles. The fraction of sp³-hybridized carbons (Fsp3) is 0.0952. The van der Waals surface area contributed by atoms with Gasteiger partial charge in [0.15, 0.2) is 10.9 Å². The summed E-state index contributed by atoms with van der Waals surface area (Å²) in [5, 5.41) is 9.55. The third-order valence-electron chi connectivity index (χ3n) is 4.24. The van der Waals surface area contributed by atoms with Crippen molar-refractivity contribution >= 4 is 49.6 Å². The van der Waals surface area contributed by atoms with E-state index in [1.807, 2.05) is 12.1 Å². The van der Waals surface area contributed by atoms with Crippen molar-refractivity contribution in [3.05, 3.63) is 76.0 Å². The normalized spacial score (nSPS) is 10.7. The summed E-state index contributed by atoms with van der Waals surface area (Å²) in [5.41, 5.74) is 6.58. The maximum Gasteiger partial charge on any atom is 0.188 e. The predicted molar refractivity (Wildman–Crippen MR) is 120 cm³/mol. The van der Waals surface area contributed by atoms with Crippen LogP contribution in [0.15, 0.2) is 64.8 Å². The minimum absolute atomic E-state index is 0.685. The van der Waals surface area contributed by atoms with Crippen LogP contribution in [0.25, 0.3) is 11.3 Å². The van der Waals surface area contributed by atoms with E-state index in [2.05, 4.69) is 80.0 Å². The molecule has 0 saturated heterocycles. The quantitative estimate of drug-likeness (QED) is 0.364. The third-order valence-corrected chi connectivity index (χ3v) is 5.53. The molecule has 0 aliphatic rings. The van der Waals surface area contributed by atoms with Crippen molar-refractivity contribution in [1.29, 1.82) is 0 Å². The number of aryl methyl sites for hydroxylation is 2. The van der Waals surface area contributed by atoms with Crippen molar-refractivity contribution in [2.24, 2.45) is 0 Å². The van der Waals surface area contributed by atoms with Crippen LogP contribution in [0.1, 0.15) is 11.1 Å². The van der Waals surface area contributed by atoms with Gasteiger partial charge in [-0.2, -0.15) is 0 Å². The van der Waals surface area contributed by atoms with Crippen LogP contribution in [0.3, 0.4) is 0 Å². The minimum Gasteiger partial charge on any atom is -0.355 e. The molecule has 2 aromatic carbocycles. The molecule has 0 amide bonds. The van der Waals surface area contributed by atoms with Crippen LogP contribution in [0.2, 0.25) is 0 Å². The third kappa shape index (κ3) is 4.21. The standard InChI is InChI=1S/C21H18BrN5S/c1-13-9-15(10-14(2)20(13)25-17-5-3-16(22)4-6-17)18-12-28-21(26-18)27-19-11-23-7-8-24-19/h3-12,25H,1-2H3,(H,24,26,27). The predicted octanol–water partition coefficient (Wildman–Crippen LogP) is 6.47. The Hall–Kier alpha value is -2.77. The van der Waals surface area contributed by atoms with Gasteiger partial charge in [0, 0.05) is 39.2 Å². The van der Waals surface area contributed by atoms with E-state index in [1.165, 1.54) is 11.1 Å². The van der Waals surface area contributed by atoms with Gasteiger partial charge in [-0.1, -0.05) is 15.9 Å². The van der Waals surface area contributed by atoms with Crippen LogP contribution in [0.5, 0.6) is 0 Å². The van der Waals surface area contributed by atoms with E-state index in [4.69, 9.17) is 4.98 Å². The molecule has 2 N–H and O–H groups in total. The summed E-state index contributed by atoms with van der Waals surface area (Å²) in [6, 6.07) is 12.5. The molecule has 0 saturated carbocycles. The second-order valence-electron chi connectivity index (χ2n) is 6.37. The number of hydrogen-bond acceptors (Lipinski definition) is 6. The molecule has 0 unspecified atom stereocenters. The number of anilines is 4.